The van der Waals surface area contributed by atoms with E-state index in [1.165, 1.54) is 0 Å². The molecule has 16 heavy (non-hydrogen) atoms. The Balaban J connectivity index is 2.03. The van der Waals surface area contributed by atoms with Crippen molar-refractivity contribution < 1.29 is 18.3 Å². The number of alkyl halides is 2. The molecule has 0 saturated heterocycles. The standard InChI is InChI=1S/C11H13F2NO2/c12-11(13)15-6-7-5-9(14)8-3-1-2-4-10(8)16-7/h1-4,7,9,11H,5-6,14H2/t7-,9+/m1/s1. The van der Waals surface area contributed by atoms with E-state index >= 15 is 0 Å². The van der Waals surface area contributed by atoms with Gasteiger partial charge in [-0.1, -0.05) is 18.2 Å². The van der Waals surface area contributed by atoms with Crippen LogP contribution in [-0.4, -0.2) is 19.3 Å². The SMILES string of the molecule is N[C@H]1C[C@H](COC(F)F)Oc2ccccc21. The number of ether oxygens (including phenoxy) is 2. The van der Waals surface area contributed by atoms with Crippen molar-refractivity contribution in [2.75, 3.05) is 6.61 Å². The van der Waals surface area contributed by atoms with Gasteiger partial charge in [0.05, 0.1) is 6.61 Å². The Labute approximate surface area is 92.1 Å². The summed E-state index contributed by atoms with van der Waals surface area (Å²) >= 11 is 0. The summed E-state index contributed by atoms with van der Waals surface area (Å²) in [5.74, 6) is 0.657. The van der Waals surface area contributed by atoms with Gasteiger partial charge >= 0.3 is 6.61 Å². The van der Waals surface area contributed by atoms with Crippen LogP contribution in [-0.2, 0) is 4.74 Å². The zero-order valence-electron chi connectivity index (χ0n) is 8.61. The summed E-state index contributed by atoms with van der Waals surface area (Å²) in [6.45, 7) is -2.91. The lowest BCUT2D eigenvalue weighted by Crippen LogP contribution is -2.33. The highest BCUT2D eigenvalue weighted by Crippen LogP contribution is 2.33. The number of fused-ring (bicyclic) bond motifs is 1. The lowest BCUT2D eigenvalue weighted by Gasteiger charge is -2.29. The highest BCUT2D eigenvalue weighted by molar-refractivity contribution is 5.37. The van der Waals surface area contributed by atoms with E-state index in [1.807, 2.05) is 18.2 Å². The Kier molecular flexibility index (Phi) is 3.36. The molecule has 3 nitrogen and oxygen atoms in total. The molecule has 0 amide bonds. The molecule has 0 spiro atoms. The molecule has 1 aromatic rings. The second-order valence-corrected chi connectivity index (χ2v) is 3.71. The third-order valence-corrected chi connectivity index (χ3v) is 2.54. The van der Waals surface area contributed by atoms with E-state index in [0.29, 0.717) is 12.2 Å². The third kappa shape index (κ3) is 2.48. The summed E-state index contributed by atoms with van der Waals surface area (Å²) in [6, 6.07) is 7.17. The van der Waals surface area contributed by atoms with Crippen molar-refractivity contribution >= 4 is 0 Å². The highest BCUT2D eigenvalue weighted by Gasteiger charge is 2.26. The largest absolute Gasteiger partial charge is 0.488 e. The van der Waals surface area contributed by atoms with Crippen LogP contribution in [0.5, 0.6) is 5.75 Å². The second kappa shape index (κ2) is 4.76. The quantitative estimate of drug-likeness (QED) is 0.863. The van der Waals surface area contributed by atoms with Gasteiger partial charge in [0.1, 0.15) is 11.9 Å². The number of hydrogen-bond donors (Lipinski definition) is 1. The Morgan fingerprint density at radius 3 is 2.94 bits per heavy atom. The molecule has 1 aliphatic rings. The minimum absolute atomic E-state index is 0.139. The van der Waals surface area contributed by atoms with Gasteiger partial charge in [-0.3, -0.25) is 0 Å². The smallest absolute Gasteiger partial charge is 0.345 e. The molecule has 2 atom stereocenters. The van der Waals surface area contributed by atoms with Crippen LogP contribution in [0.2, 0.25) is 0 Å². The van der Waals surface area contributed by atoms with Gasteiger partial charge in [-0.15, -0.1) is 0 Å². The van der Waals surface area contributed by atoms with Crippen LogP contribution in [0.3, 0.4) is 0 Å². The molecule has 0 aliphatic carbocycles. The number of para-hydroxylation sites is 1. The van der Waals surface area contributed by atoms with Crippen molar-refractivity contribution in [3.8, 4) is 5.75 Å². The zero-order chi connectivity index (χ0) is 11.5. The fourth-order valence-electron chi connectivity index (χ4n) is 1.81. The molecule has 1 aliphatic heterocycles. The topological polar surface area (TPSA) is 44.5 Å². The van der Waals surface area contributed by atoms with Crippen molar-refractivity contribution in [1.82, 2.24) is 0 Å². The second-order valence-electron chi connectivity index (χ2n) is 3.71. The summed E-state index contributed by atoms with van der Waals surface area (Å²) in [4.78, 5) is 0. The Hall–Kier alpha value is -1.20. The Bertz CT molecular complexity index is 360. The number of halogens is 2. The van der Waals surface area contributed by atoms with E-state index in [-0.39, 0.29) is 12.6 Å². The van der Waals surface area contributed by atoms with E-state index < -0.39 is 12.7 Å². The molecule has 0 bridgehead atoms. The molecule has 88 valence electrons. The maximum Gasteiger partial charge on any atom is 0.345 e. The molecule has 2 N–H and O–H groups in total. The molecule has 0 aromatic heterocycles. The molecule has 0 unspecified atom stereocenters. The first-order chi connectivity index (χ1) is 7.66. The predicted octanol–water partition coefficient (Wildman–Crippen LogP) is 2.08. The number of rotatable bonds is 3. The van der Waals surface area contributed by atoms with Crippen LogP contribution in [0.15, 0.2) is 24.3 Å². The van der Waals surface area contributed by atoms with Crippen LogP contribution in [0, 0.1) is 0 Å². The molecule has 1 aromatic carbocycles. The van der Waals surface area contributed by atoms with Gasteiger partial charge in [0.25, 0.3) is 0 Å². The Morgan fingerprint density at radius 2 is 2.19 bits per heavy atom. The normalized spacial score (nSPS) is 24.0. The van der Waals surface area contributed by atoms with Gasteiger partial charge in [-0.25, -0.2) is 0 Å². The molecule has 0 fully saturated rings. The molecule has 5 heteroatoms. The summed E-state index contributed by atoms with van der Waals surface area (Å²) in [5.41, 5.74) is 6.83. The fraction of sp³-hybridized carbons (Fsp3) is 0.455. The first-order valence-corrected chi connectivity index (χ1v) is 5.07. The first kappa shape index (κ1) is 11.3. The van der Waals surface area contributed by atoms with Crippen molar-refractivity contribution in [3.63, 3.8) is 0 Å². The predicted molar refractivity (Wildman–Crippen MR) is 54.4 cm³/mol. The first-order valence-electron chi connectivity index (χ1n) is 5.07. The third-order valence-electron chi connectivity index (χ3n) is 2.54. The van der Waals surface area contributed by atoms with E-state index in [1.54, 1.807) is 6.07 Å². The van der Waals surface area contributed by atoms with E-state index in [4.69, 9.17) is 10.5 Å². The van der Waals surface area contributed by atoms with Crippen LogP contribution < -0.4 is 10.5 Å². The van der Waals surface area contributed by atoms with Crippen LogP contribution in [0.25, 0.3) is 0 Å². The number of hydrogen-bond acceptors (Lipinski definition) is 3. The molecular formula is C11H13F2NO2. The maximum atomic E-state index is 11.9. The Morgan fingerprint density at radius 1 is 1.44 bits per heavy atom. The van der Waals surface area contributed by atoms with Gasteiger partial charge < -0.3 is 15.2 Å². The molecule has 0 saturated carbocycles. The average Bonchev–Trinajstić information content (AvgIpc) is 2.26. The maximum absolute atomic E-state index is 11.9. The highest BCUT2D eigenvalue weighted by atomic mass is 19.3. The number of benzene rings is 1. The summed E-state index contributed by atoms with van der Waals surface area (Å²) in [7, 11) is 0. The summed E-state index contributed by atoms with van der Waals surface area (Å²) in [5, 5.41) is 0. The van der Waals surface area contributed by atoms with Crippen LogP contribution in [0.4, 0.5) is 8.78 Å². The summed E-state index contributed by atoms with van der Waals surface area (Å²) in [6.07, 6.45) is 0.0860. The minimum Gasteiger partial charge on any atom is -0.488 e. The number of nitrogens with two attached hydrogens (primary N) is 1. The molecule has 2 rings (SSSR count). The lowest BCUT2D eigenvalue weighted by molar-refractivity contribution is -0.146. The minimum atomic E-state index is -2.77. The van der Waals surface area contributed by atoms with Crippen molar-refractivity contribution in [3.05, 3.63) is 29.8 Å². The summed E-state index contributed by atoms with van der Waals surface area (Å²) < 4.78 is 33.5. The monoisotopic (exact) mass is 229 g/mol. The zero-order valence-corrected chi connectivity index (χ0v) is 8.61. The van der Waals surface area contributed by atoms with E-state index in [2.05, 4.69) is 4.74 Å². The van der Waals surface area contributed by atoms with Crippen LogP contribution >= 0.6 is 0 Å². The average molecular weight is 229 g/mol. The fourth-order valence-corrected chi connectivity index (χ4v) is 1.81. The van der Waals surface area contributed by atoms with E-state index in [0.717, 1.165) is 5.56 Å². The molecule has 1 heterocycles. The van der Waals surface area contributed by atoms with Gasteiger partial charge in [-0.05, 0) is 6.07 Å². The van der Waals surface area contributed by atoms with Gasteiger partial charge in [0.15, 0.2) is 0 Å². The van der Waals surface area contributed by atoms with Crippen LogP contribution in [0.1, 0.15) is 18.0 Å². The van der Waals surface area contributed by atoms with E-state index in [9.17, 15) is 8.78 Å². The van der Waals surface area contributed by atoms with Crippen molar-refractivity contribution in [2.24, 2.45) is 5.73 Å². The molecule has 0 radical (unpaired) electrons. The van der Waals surface area contributed by atoms with Crippen molar-refractivity contribution in [2.45, 2.75) is 25.2 Å². The van der Waals surface area contributed by atoms with Gasteiger partial charge in [0.2, 0.25) is 0 Å². The molecular weight excluding hydrogens is 216 g/mol. The van der Waals surface area contributed by atoms with Crippen molar-refractivity contribution in [1.29, 1.82) is 0 Å². The van der Waals surface area contributed by atoms with Gasteiger partial charge in [-0.2, -0.15) is 8.78 Å². The van der Waals surface area contributed by atoms with Gasteiger partial charge in [0, 0.05) is 18.0 Å². The lowest BCUT2D eigenvalue weighted by atomic mass is 9.98.